The maximum absolute atomic E-state index is 12.3. The highest BCUT2D eigenvalue weighted by molar-refractivity contribution is 5.78. The summed E-state index contributed by atoms with van der Waals surface area (Å²) in [6.07, 6.45) is 2.32. The van der Waals surface area contributed by atoms with E-state index in [0.717, 1.165) is 44.9 Å². The third-order valence-electron chi connectivity index (χ3n) is 4.40. The molecule has 1 fully saturated rings. The molecule has 19 heavy (non-hydrogen) atoms. The first kappa shape index (κ1) is 12.7. The minimum Gasteiger partial charge on any atom is -0.342 e. The Labute approximate surface area is 115 Å². The van der Waals surface area contributed by atoms with E-state index in [4.69, 9.17) is 0 Å². The van der Waals surface area contributed by atoms with Crippen molar-refractivity contribution in [3.8, 4) is 0 Å². The highest BCUT2D eigenvalue weighted by atomic mass is 16.2. The highest BCUT2D eigenvalue weighted by Gasteiger charge is 2.25. The molecule has 0 saturated carbocycles. The fraction of sp³-hybridized carbons (Fsp3) is 0.562. The van der Waals surface area contributed by atoms with Crippen molar-refractivity contribution >= 4 is 5.91 Å². The van der Waals surface area contributed by atoms with Crippen LogP contribution in [-0.2, 0) is 17.9 Å². The lowest BCUT2D eigenvalue weighted by molar-refractivity contribution is -0.133. The number of hydrogen-bond donors (Lipinski definition) is 0. The number of amides is 1. The third-order valence-corrected chi connectivity index (χ3v) is 4.40. The molecule has 0 spiro atoms. The minimum absolute atomic E-state index is 0.305. The number of nitrogens with zero attached hydrogens (tertiary/aromatic N) is 2. The van der Waals surface area contributed by atoms with Crippen molar-refractivity contribution in [3.63, 3.8) is 0 Å². The molecule has 0 N–H and O–H groups in total. The van der Waals surface area contributed by atoms with Crippen molar-refractivity contribution in [2.45, 2.75) is 32.9 Å². The Morgan fingerprint density at radius 2 is 1.74 bits per heavy atom. The molecule has 3 heteroatoms. The second-order valence-electron chi connectivity index (χ2n) is 5.98. The number of likely N-dealkylation sites (tertiary alicyclic amines) is 1. The van der Waals surface area contributed by atoms with Crippen LogP contribution in [0, 0.1) is 5.92 Å². The van der Waals surface area contributed by atoms with Crippen LogP contribution in [0.1, 0.15) is 30.9 Å². The molecule has 1 amide bonds. The maximum atomic E-state index is 12.3. The van der Waals surface area contributed by atoms with Gasteiger partial charge in [0.25, 0.3) is 0 Å². The fourth-order valence-corrected chi connectivity index (χ4v) is 3.06. The van der Waals surface area contributed by atoms with E-state index in [1.165, 1.54) is 11.1 Å². The molecule has 1 saturated heterocycles. The zero-order valence-electron chi connectivity index (χ0n) is 11.6. The summed E-state index contributed by atoms with van der Waals surface area (Å²) in [6.45, 7) is 6.59. The Balaban J connectivity index is 1.54. The Morgan fingerprint density at radius 1 is 1.16 bits per heavy atom. The summed E-state index contributed by atoms with van der Waals surface area (Å²) in [4.78, 5) is 16.6. The van der Waals surface area contributed by atoms with Gasteiger partial charge in [0, 0.05) is 26.2 Å². The number of piperidine rings is 1. The topological polar surface area (TPSA) is 23.6 Å². The van der Waals surface area contributed by atoms with Crippen LogP contribution in [0.5, 0.6) is 0 Å². The van der Waals surface area contributed by atoms with Crippen molar-refractivity contribution in [3.05, 3.63) is 35.4 Å². The Bertz CT molecular complexity index is 439. The number of benzene rings is 1. The van der Waals surface area contributed by atoms with E-state index in [9.17, 15) is 4.79 Å². The summed E-state index contributed by atoms with van der Waals surface area (Å²) in [5.74, 6) is 1.08. The lowest BCUT2D eigenvalue weighted by Gasteiger charge is -2.31. The molecule has 0 radical (unpaired) electrons. The van der Waals surface area contributed by atoms with Gasteiger partial charge >= 0.3 is 0 Å². The summed E-state index contributed by atoms with van der Waals surface area (Å²) in [5, 5.41) is 0. The molecule has 3 nitrogen and oxygen atoms in total. The summed E-state index contributed by atoms with van der Waals surface area (Å²) in [7, 11) is 0. The smallest absolute Gasteiger partial charge is 0.236 e. The van der Waals surface area contributed by atoms with Gasteiger partial charge in [-0.1, -0.05) is 31.2 Å². The van der Waals surface area contributed by atoms with Crippen molar-refractivity contribution in [1.29, 1.82) is 0 Å². The van der Waals surface area contributed by atoms with Crippen molar-refractivity contribution in [2.24, 2.45) is 5.92 Å². The first-order chi connectivity index (χ1) is 9.22. The largest absolute Gasteiger partial charge is 0.342 e. The van der Waals surface area contributed by atoms with Crippen LogP contribution in [0.25, 0.3) is 0 Å². The van der Waals surface area contributed by atoms with Gasteiger partial charge in [-0.3, -0.25) is 9.69 Å². The predicted octanol–water partition coefficient (Wildman–Crippen LogP) is 2.26. The fourth-order valence-electron chi connectivity index (χ4n) is 3.06. The number of hydrogen-bond acceptors (Lipinski definition) is 2. The lowest BCUT2D eigenvalue weighted by atomic mass is 9.99. The van der Waals surface area contributed by atoms with E-state index < -0.39 is 0 Å². The molecule has 0 aromatic heterocycles. The zero-order chi connectivity index (χ0) is 13.2. The van der Waals surface area contributed by atoms with Crippen LogP contribution in [0.15, 0.2) is 24.3 Å². The quantitative estimate of drug-likeness (QED) is 0.812. The van der Waals surface area contributed by atoms with Crippen LogP contribution < -0.4 is 0 Å². The monoisotopic (exact) mass is 258 g/mol. The van der Waals surface area contributed by atoms with Gasteiger partial charge in [-0.15, -0.1) is 0 Å². The Hall–Kier alpha value is -1.35. The van der Waals surface area contributed by atoms with E-state index in [0.29, 0.717) is 12.5 Å². The summed E-state index contributed by atoms with van der Waals surface area (Å²) in [6, 6.07) is 8.50. The third kappa shape index (κ3) is 2.81. The predicted molar refractivity (Wildman–Crippen MR) is 75.5 cm³/mol. The van der Waals surface area contributed by atoms with Crippen LogP contribution >= 0.6 is 0 Å². The average Bonchev–Trinajstić information content (AvgIpc) is 2.81. The van der Waals surface area contributed by atoms with Crippen molar-refractivity contribution in [1.82, 2.24) is 9.80 Å². The Kier molecular flexibility index (Phi) is 3.56. The van der Waals surface area contributed by atoms with Crippen LogP contribution in [0.2, 0.25) is 0 Å². The zero-order valence-corrected chi connectivity index (χ0v) is 11.6. The summed E-state index contributed by atoms with van der Waals surface area (Å²) < 4.78 is 0. The summed E-state index contributed by atoms with van der Waals surface area (Å²) in [5.41, 5.74) is 2.75. The molecule has 0 aliphatic carbocycles. The van der Waals surface area contributed by atoms with E-state index in [1.807, 2.05) is 4.90 Å². The van der Waals surface area contributed by atoms with Crippen LogP contribution in [-0.4, -0.2) is 35.3 Å². The molecule has 1 aromatic rings. The standard InChI is InChI=1S/C16H22N2O/c1-13-6-8-18(9-7-13)16(19)12-17-10-14-4-2-3-5-15(14)11-17/h2-5,13H,6-12H2,1H3. The van der Waals surface area contributed by atoms with Gasteiger partial charge in [0.05, 0.1) is 6.54 Å². The first-order valence-corrected chi connectivity index (χ1v) is 7.29. The molecule has 3 rings (SSSR count). The van der Waals surface area contributed by atoms with Crippen molar-refractivity contribution in [2.75, 3.05) is 19.6 Å². The number of rotatable bonds is 2. The van der Waals surface area contributed by atoms with Gasteiger partial charge in [-0.25, -0.2) is 0 Å². The molecule has 2 heterocycles. The molecule has 0 unspecified atom stereocenters. The number of carbonyl (C=O) groups excluding carboxylic acids is 1. The first-order valence-electron chi connectivity index (χ1n) is 7.29. The molecule has 2 aliphatic heterocycles. The van der Waals surface area contributed by atoms with E-state index in [2.05, 4.69) is 36.1 Å². The molecule has 1 aromatic carbocycles. The SMILES string of the molecule is CC1CCN(C(=O)CN2Cc3ccccc3C2)CC1. The van der Waals surface area contributed by atoms with Gasteiger partial charge < -0.3 is 4.90 Å². The Morgan fingerprint density at radius 3 is 2.32 bits per heavy atom. The molecule has 0 atom stereocenters. The van der Waals surface area contributed by atoms with Gasteiger partial charge in [0.1, 0.15) is 0 Å². The summed E-state index contributed by atoms with van der Waals surface area (Å²) >= 11 is 0. The average molecular weight is 258 g/mol. The van der Waals surface area contributed by atoms with E-state index in [1.54, 1.807) is 0 Å². The van der Waals surface area contributed by atoms with E-state index >= 15 is 0 Å². The van der Waals surface area contributed by atoms with Gasteiger partial charge in [-0.2, -0.15) is 0 Å². The van der Waals surface area contributed by atoms with Gasteiger partial charge in [0.15, 0.2) is 0 Å². The minimum atomic E-state index is 0.305. The molecular formula is C16H22N2O. The highest BCUT2D eigenvalue weighted by Crippen LogP contribution is 2.22. The van der Waals surface area contributed by atoms with E-state index in [-0.39, 0.29) is 0 Å². The molecule has 102 valence electrons. The van der Waals surface area contributed by atoms with Crippen LogP contribution in [0.4, 0.5) is 0 Å². The number of carbonyl (C=O) groups is 1. The van der Waals surface area contributed by atoms with Gasteiger partial charge in [-0.05, 0) is 29.9 Å². The second kappa shape index (κ2) is 5.33. The number of fused-ring (bicyclic) bond motifs is 1. The normalized spacial score (nSPS) is 20.6. The van der Waals surface area contributed by atoms with Crippen LogP contribution in [0.3, 0.4) is 0 Å². The van der Waals surface area contributed by atoms with Crippen molar-refractivity contribution < 1.29 is 4.79 Å². The lowest BCUT2D eigenvalue weighted by Crippen LogP contribution is -2.42. The van der Waals surface area contributed by atoms with Gasteiger partial charge in [0.2, 0.25) is 5.91 Å². The maximum Gasteiger partial charge on any atom is 0.236 e. The molecular weight excluding hydrogens is 236 g/mol. The second-order valence-corrected chi connectivity index (χ2v) is 5.98. The molecule has 2 aliphatic rings. The molecule has 0 bridgehead atoms.